The number of aromatic amines is 1. The number of hydrogen-bond acceptors (Lipinski definition) is 5. The van der Waals surface area contributed by atoms with Gasteiger partial charge in [0.15, 0.2) is 5.82 Å². The van der Waals surface area contributed by atoms with E-state index in [-0.39, 0.29) is 0 Å². The SMILES string of the molecule is c1ccc(-c2n[nH]c([C@@H]3CCCN(C[C@H]4CCOCO4)C3)n2)cc1. The molecule has 2 aliphatic rings. The molecule has 1 aromatic carbocycles. The van der Waals surface area contributed by atoms with Crippen LogP contribution in [-0.2, 0) is 9.47 Å². The van der Waals surface area contributed by atoms with Gasteiger partial charge >= 0.3 is 0 Å². The maximum atomic E-state index is 5.68. The molecule has 0 saturated carbocycles. The summed E-state index contributed by atoms with van der Waals surface area (Å²) in [6.07, 6.45) is 3.64. The van der Waals surface area contributed by atoms with Crippen molar-refractivity contribution >= 4 is 0 Å². The molecule has 0 unspecified atom stereocenters. The number of piperidine rings is 1. The normalized spacial score (nSPS) is 25.7. The molecule has 0 aliphatic carbocycles. The molecule has 6 nitrogen and oxygen atoms in total. The van der Waals surface area contributed by atoms with E-state index in [4.69, 9.17) is 14.5 Å². The second-order valence-corrected chi connectivity index (χ2v) is 6.61. The topological polar surface area (TPSA) is 63.3 Å². The molecule has 6 heteroatoms. The van der Waals surface area contributed by atoms with E-state index in [2.05, 4.69) is 15.1 Å². The summed E-state index contributed by atoms with van der Waals surface area (Å²) in [4.78, 5) is 7.24. The van der Waals surface area contributed by atoms with Crippen LogP contribution in [0.15, 0.2) is 30.3 Å². The maximum absolute atomic E-state index is 5.68. The van der Waals surface area contributed by atoms with Crippen LogP contribution in [0.5, 0.6) is 0 Å². The van der Waals surface area contributed by atoms with Crippen LogP contribution in [0.3, 0.4) is 0 Å². The smallest absolute Gasteiger partial charge is 0.181 e. The Kier molecular flexibility index (Phi) is 4.87. The Morgan fingerprint density at radius 1 is 1.21 bits per heavy atom. The van der Waals surface area contributed by atoms with Crippen LogP contribution in [0.2, 0.25) is 0 Å². The Morgan fingerprint density at radius 3 is 2.96 bits per heavy atom. The molecule has 2 aromatic rings. The summed E-state index contributed by atoms with van der Waals surface area (Å²) >= 11 is 0. The zero-order chi connectivity index (χ0) is 16.2. The fourth-order valence-electron chi connectivity index (χ4n) is 3.55. The number of aromatic nitrogens is 3. The van der Waals surface area contributed by atoms with Crippen molar-refractivity contribution in [2.45, 2.75) is 31.3 Å². The summed E-state index contributed by atoms with van der Waals surface area (Å²) in [5.41, 5.74) is 1.06. The Labute approximate surface area is 142 Å². The van der Waals surface area contributed by atoms with Crippen molar-refractivity contribution in [1.29, 1.82) is 0 Å². The Morgan fingerprint density at radius 2 is 2.12 bits per heavy atom. The van der Waals surface area contributed by atoms with Crippen LogP contribution < -0.4 is 0 Å². The molecule has 0 radical (unpaired) electrons. The minimum absolute atomic E-state index is 0.298. The lowest BCUT2D eigenvalue weighted by molar-refractivity contribution is -0.145. The molecule has 24 heavy (non-hydrogen) atoms. The minimum atomic E-state index is 0.298. The van der Waals surface area contributed by atoms with E-state index in [0.29, 0.717) is 18.8 Å². The van der Waals surface area contributed by atoms with Gasteiger partial charge in [-0.05, 0) is 25.8 Å². The molecule has 1 N–H and O–H groups in total. The van der Waals surface area contributed by atoms with E-state index in [0.717, 1.165) is 56.3 Å². The number of likely N-dealkylation sites (tertiary alicyclic amines) is 1. The molecule has 2 atom stereocenters. The maximum Gasteiger partial charge on any atom is 0.181 e. The summed E-state index contributed by atoms with van der Waals surface area (Å²) < 4.78 is 10.9. The molecule has 1 aromatic heterocycles. The number of H-pyrrole nitrogens is 1. The van der Waals surface area contributed by atoms with Crippen LogP contribution in [0.1, 0.15) is 31.0 Å². The summed E-state index contributed by atoms with van der Waals surface area (Å²) in [6.45, 7) is 4.38. The van der Waals surface area contributed by atoms with Gasteiger partial charge in [0.05, 0.1) is 12.7 Å². The second-order valence-electron chi connectivity index (χ2n) is 6.61. The van der Waals surface area contributed by atoms with Crippen molar-refractivity contribution in [3.05, 3.63) is 36.2 Å². The standard InChI is InChI=1S/C18H24N4O2/c1-2-5-14(6-3-1)17-19-18(21-20-17)15-7-4-9-22(11-15)12-16-8-10-23-13-24-16/h1-3,5-6,15-16H,4,7-13H2,(H,19,20,21)/t15-,16-/m1/s1. The first-order valence-electron chi connectivity index (χ1n) is 8.78. The second kappa shape index (κ2) is 7.42. The van der Waals surface area contributed by atoms with Gasteiger partial charge in [-0.2, -0.15) is 5.10 Å². The van der Waals surface area contributed by atoms with Crippen LogP contribution >= 0.6 is 0 Å². The predicted octanol–water partition coefficient (Wildman–Crippen LogP) is 2.41. The van der Waals surface area contributed by atoms with E-state index in [1.54, 1.807) is 0 Å². The van der Waals surface area contributed by atoms with Gasteiger partial charge < -0.3 is 14.4 Å². The molecule has 2 aliphatic heterocycles. The summed E-state index contributed by atoms with van der Waals surface area (Å²) in [5.74, 6) is 2.21. The van der Waals surface area contributed by atoms with Crippen LogP contribution in [0, 0.1) is 0 Å². The van der Waals surface area contributed by atoms with Crippen LogP contribution in [-0.4, -0.2) is 59.2 Å². The van der Waals surface area contributed by atoms with Crippen molar-refractivity contribution in [3.8, 4) is 11.4 Å². The summed E-state index contributed by atoms with van der Waals surface area (Å²) in [7, 11) is 0. The van der Waals surface area contributed by atoms with E-state index < -0.39 is 0 Å². The quantitative estimate of drug-likeness (QED) is 0.934. The van der Waals surface area contributed by atoms with Gasteiger partial charge in [-0.1, -0.05) is 30.3 Å². The number of nitrogens with zero attached hydrogens (tertiary/aromatic N) is 3. The van der Waals surface area contributed by atoms with Crippen molar-refractivity contribution in [2.24, 2.45) is 0 Å². The summed E-state index contributed by atoms with van der Waals surface area (Å²) in [6, 6.07) is 10.1. The van der Waals surface area contributed by atoms with E-state index in [9.17, 15) is 0 Å². The Hall–Kier alpha value is -1.76. The first-order valence-corrected chi connectivity index (χ1v) is 8.78. The van der Waals surface area contributed by atoms with E-state index in [1.165, 1.54) is 6.42 Å². The number of nitrogens with one attached hydrogen (secondary N) is 1. The van der Waals surface area contributed by atoms with Crippen molar-refractivity contribution in [3.63, 3.8) is 0 Å². The average molecular weight is 328 g/mol. The Bertz CT molecular complexity index is 639. The van der Waals surface area contributed by atoms with Gasteiger partial charge in [0.1, 0.15) is 12.6 Å². The number of benzene rings is 1. The van der Waals surface area contributed by atoms with Crippen molar-refractivity contribution < 1.29 is 9.47 Å². The minimum Gasteiger partial charge on any atom is -0.355 e. The van der Waals surface area contributed by atoms with Gasteiger partial charge in [-0.15, -0.1) is 0 Å². The van der Waals surface area contributed by atoms with E-state index in [1.807, 2.05) is 30.3 Å². The van der Waals surface area contributed by atoms with Gasteiger partial charge in [-0.3, -0.25) is 5.10 Å². The molecule has 0 amide bonds. The highest BCUT2D eigenvalue weighted by Gasteiger charge is 2.26. The predicted molar refractivity (Wildman–Crippen MR) is 90.5 cm³/mol. The molecule has 0 spiro atoms. The van der Waals surface area contributed by atoms with Crippen molar-refractivity contribution in [2.75, 3.05) is 33.0 Å². The molecule has 2 fully saturated rings. The largest absolute Gasteiger partial charge is 0.355 e. The highest BCUT2D eigenvalue weighted by Crippen LogP contribution is 2.26. The molecule has 128 valence electrons. The highest BCUT2D eigenvalue weighted by molar-refractivity contribution is 5.53. The van der Waals surface area contributed by atoms with Crippen LogP contribution in [0.25, 0.3) is 11.4 Å². The first-order chi connectivity index (χ1) is 11.9. The van der Waals surface area contributed by atoms with E-state index >= 15 is 0 Å². The molecule has 2 saturated heterocycles. The lowest BCUT2D eigenvalue weighted by Crippen LogP contribution is -2.42. The summed E-state index contributed by atoms with van der Waals surface area (Å²) in [5, 5.41) is 7.57. The fraction of sp³-hybridized carbons (Fsp3) is 0.556. The number of hydrogen-bond donors (Lipinski definition) is 1. The average Bonchev–Trinajstić information content (AvgIpc) is 3.14. The molecule has 4 rings (SSSR count). The third kappa shape index (κ3) is 3.66. The third-order valence-corrected chi connectivity index (χ3v) is 4.86. The molecular formula is C18H24N4O2. The lowest BCUT2D eigenvalue weighted by Gasteiger charge is -2.35. The first kappa shape index (κ1) is 15.7. The molecule has 3 heterocycles. The number of ether oxygens (including phenoxy) is 2. The van der Waals surface area contributed by atoms with Crippen LogP contribution in [0.4, 0.5) is 0 Å². The monoisotopic (exact) mass is 328 g/mol. The molecule has 0 bridgehead atoms. The number of rotatable bonds is 4. The zero-order valence-electron chi connectivity index (χ0n) is 13.9. The highest BCUT2D eigenvalue weighted by atomic mass is 16.7. The molecular weight excluding hydrogens is 304 g/mol. The zero-order valence-corrected chi connectivity index (χ0v) is 13.9. The van der Waals surface area contributed by atoms with Crippen molar-refractivity contribution in [1.82, 2.24) is 20.1 Å². The van der Waals surface area contributed by atoms with Gasteiger partial charge in [0.2, 0.25) is 0 Å². The third-order valence-electron chi connectivity index (χ3n) is 4.86. The van der Waals surface area contributed by atoms with Gasteiger partial charge in [0.25, 0.3) is 0 Å². The van der Waals surface area contributed by atoms with Gasteiger partial charge in [-0.25, -0.2) is 4.98 Å². The fourth-order valence-corrected chi connectivity index (χ4v) is 3.55. The van der Waals surface area contributed by atoms with Gasteiger partial charge in [0, 0.05) is 24.6 Å². The Balaban J connectivity index is 1.40. The lowest BCUT2D eigenvalue weighted by atomic mass is 9.97.